The summed E-state index contributed by atoms with van der Waals surface area (Å²) >= 11 is 0. The lowest BCUT2D eigenvalue weighted by molar-refractivity contribution is 1.07. The molecule has 6 aromatic heterocycles. The number of nitrogens with zero attached hydrogens (tertiary/aromatic N) is 10. The largest absolute Gasteiger partial charge is 0.309 e. The lowest BCUT2D eigenvalue weighted by Crippen LogP contribution is -2.01. The molecule has 466 valence electrons. The van der Waals surface area contributed by atoms with Crippen LogP contribution in [-0.2, 0) is 0 Å². The zero-order valence-corrected chi connectivity index (χ0v) is 53.8. The molecule has 0 atom stereocenters. The minimum absolute atomic E-state index is 0.590. The Morgan fingerprint density at radius 2 is 0.410 bits per heavy atom. The van der Waals surface area contributed by atoms with Gasteiger partial charge in [-0.25, -0.2) is 29.9 Å². The molecular weight excluding hydrogens is 1220 g/mol. The first-order valence-corrected chi connectivity index (χ1v) is 33.7. The minimum Gasteiger partial charge on any atom is -0.309 e. The summed E-state index contributed by atoms with van der Waals surface area (Å²) in [4.78, 5) is 30.7. The van der Waals surface area contributed by atoms with Gasteiger partial charge >= 0.3 is 0 Å². The van der Waals surface area contributed by atoms with E-state index in [1.54, 1.807) is 0 Å². The monoisotopic (exact) mass is 1280 g/mol. The average molecular weight is 1280 g/mol. The van der Waals surface area contributed by atoms with E-state index >= 15 is 0 Å². The molecule has 0 aliphatic carbocycles. The van der Waals surface area contributed by atoms with Crippen LogP contribution in [0.1, 0.15) is 0 Å². The van der Waals surface area contributed by atoms with E-state index in [4.69, 9.17) is 29.9 Å². The first-order chi connectivity index (χ1) is 49.6. The highest BCUT2D eigenvalue weighted by molar-refractivity contribution is 6.14. The van der Waals surface area contributed by atoms with Gasteiger partial charge in [-0.1, -0.05) is 231 Å². The fourth-order valence-electron chi connectivity index (χ4n) is 15.0. The Morgan fingerprint density at radius 3 is 0.830 bits per heavy atom. The van der Waals surface area contributed by atoms with Crippen molar-refractivity contribution < 1.29 is 0 Å². The molecule has 10 heteroatoms. The molecule has 20 rings (SSSR count). The molecule has 0 N–H and O–H groups in total. The number of hydrogen-bond donors (Lipinski definition) is 0. The van der Waals surface area contributed by atoms with Crippen LogP contribution < -0.4 is 0 Å². The number of para-hydroxylation sites is 5. The van der Waals surface area contributed by atoms with E-state index in [0.717, 1.165) is 106 Å². The second-order valence-corrected chi connectivity index (χ2v) is 25.4. The molecular formula is C90H56N10. The summed E-state index contributed by atoms with van der Waals surface area (Å²) in [6.07, 6.45) is 0. The van der Waals surface area contributed by atoms with Crippen molar-refractivity contribution in [3.05, 3.63) is 340 Å². The van der Waals surface area contributed by atoms with Crippen molar-refractivity contribution in [3.63, 3.8) is 0 Å². The van der Waals surface area contributed by atoms with Crippen LogP contribution in [-0.4, -0.2) is 48.2 Å². The summed E-state index contributed by atoms with van der Waals surface area (Å²) in [6.45, 7) is 0. The fourth-order valence-corrected chi connectivity index (χ4v) is 15.0. The first-order valence-electron chi connectivity index (χ1n) is 33.7. The lowest BCUT2D eigenvalue weighted by Gasteiger charge is -2.12. The Labute approximate surface area is 574 Å². The maximum atomic E-state index is 5.30. The van der Waals surface area contributed by atoms with Gasteiger partial charge in [-0.05, 0) is 120 Å². The molecule has 0 amide bonds. The molecule has 0 fully saturated rings. The minimum atomic E-state index is 0.590. The normalized spacial score (nSPS) is 11.8. The quantitative estimate of drug-likeness (QED) is 0.128. The SMILES string of the molecule is c1ccc(-c2nc(-c3ccccc3)nc(-c3ccc(-n4c5ccccc5c5cc(-n6c7ccccc7c7ccc(-c8ccc(-c9nc(-c%10ccccc%10)nc(-c%10cccc(-n%11c%12ccccc%12c%12cc(-n%13c%14ccccc%14c%14ccccc%14%13)ccc%12%11)c%10)n9)cc8)cc76)ccc54)cc3)n2)cc1. The summed E-state index contributed by atoms with van der Waals surface area (Å²) in [5.41, 5.74) is 21.0. The van der Waals surface area contributed by atoms with Crippen molar-refractivity contribution in [1.82, 2.24) is 48.2 Å². The second-order valence-electron chi connectivity index (χ2n) is 25.4. The van der Waals surface area contributed by atoms with Gasteiger partial charge in [0.05, 0.1) is 44.1 Å². The van der Waals surface area contributed by atoms with Gasteiger partial charge in [0.2, 0.25) is 0 Å². The maximum Gasteiger partial charge on any atom is 0.164 e. The molecule has 100 heavy (non-hydrogen) atoms. The van der Waals surface area contributed by atoms with Gasteiger partial charge in [0.1, 0.15) is 0 Å². The van der Waals surface area contributed by atoms with E-state index in [1.807, 2.05) is 78.9 Å². The topological polar surface area (TPSA) is 97.1 Å². The molecule has 0 aliphatic heterocycles. The third-order valence-corrected chi connectivity index (χ3v) is 19.7. The van der Waals surface area contributed by atoms with Crippen molar-refractivity contribution in [1.29, 1.82) is 0 Å². The molecule has 20 aromatic rings. The lowest BCUT2D eigenvalue weighted by atomic mass is 10.0. The van der Waals surface area contributed by atoms with Crippen LogP contribution in [0, 0.1) is 0 Å². The smallest absolute Gasteiger partial charge is 0.164 e. The van der Waals surface area contributed by atoms with Gasteiger partial charge < -0.3 is 18.3 Å². The maximum absolute atomic E-state index is 5.30. The fraction of sp³-hybridized carbons (Fsp3) is 0. The third kappa shape index (κ3) is 9.34. The van der Waals surface area contributed by atoms with Crippen LogP contribution in [0.3, 0.4) is 0 Å². The molecule has 0 bridgehead atoms. The van der Waals surface area contributed by atoms with Crippen LogP contribution in [0.5, 0.6) is 0 Å². The molecule has 0 unspecified atom stereocenters. The van der Waals surface area contributed by atoms with E-state index < -0.39 is 0 Å². The molecule has 0 saturated heterocycles. The summed E-state index contributed by atoms with van der Waals surface area (Å²) in [5, 5.41) is 9.54. The number of fused-ring (bicyclic) bond motifs is 12. The molecule has 10 nitrogen and oxygen atoms in total. The Kier molecular flexibility index (Phi) is 13.0. The molecule has 14 aromatic carbocycles. The zero-order chi connectivity index (χ0) is 65.8. The van der Waals surface area contributed by atoms with Crippen molar-refractivity contribution >= 4 is 87.2 Å². The Bertz CT molecular complexity index is 6520. The van der Waals surface area contributed by atoms with Crippen molar-refractivity contribution in [2.24, 2.45) is 0 Å². The third-order valence-electron chi connectivity index (χ3n) is 19.7. The van der Waals surface area contributed by atoms with Gasteiger partial charge in [-0.3, -0.25) is 0 Å². The molecule has 6 heterocycles. The van der Waals surface area contributed by atoms with E-state index in [0.29, 0.717) is 34.9 Å². The van der Waals surface area contributed by atoms with Crippen molar-refractivity contribution in [2.75, 3.05) is 0 Å². The van der Waals surface area contributed by atoms with Gasteiger partial charge in [0.15, 0.2) is 34.9 Å². The van der Waals surface area contributed by atoms with E-state index in [9.17, 15) is 0 Å². The van der Waals surface area contributed by atoms with Crippen LogP contribution >= 0.6 is 0 Å². The average Bonchev–Trinajstić information content (AvgIpc) is 1.58. The number of rotatable bonds is 11. The summed E-state index contributed by atoms with van der Waals surface area (Å²) in [7, 11) is 0. The molecule has 0 spiro atoms. The van der Waals surface area contributed by atoms with Crippen LogP contribution in [0.4, 0.5) is 0 Å². The second kappa shape index (κ2) is 23.0. The Hall–Kier alpha value is -13.7. The van der Waals surface area contributed by atoms with Gasteiger partial charge in [-0.15, -0.1) is 0 Å². The van der Waals surface area contributed by atoms with E-state index in [1.165, 1.54) is 48.7 Å². The zero-order valence-electron chi connectivity index (χ0n) is 53.8. The van der Waals surface area contributed by atoms with E-state index in [-0.39, 0.29) is 0 Å². The summed E-state index contributed by atoms with van der Waals surface area (Å²) in [6, 6.07) is 120. The first kappa shape index (κ1) is 56.6. The molecule has 0 aliphatic rings. The van der Waals surface area contributed by atoms with Gasteiger partial charge in [0, 0.05) is 99.2 Å². The number of hydrogen-bond acceptors (Lipinski definition) is 6. The highest BCUT2D eigenvalue weighted by Gasteiger charge is 2.22. The predicted octanol–water partition coefficient (Wildman–Crippen LogP) is 22.1. The predicted molar refractivity (Wildman–Crippen MR) is 409 cm³/mol. The van der Waals surface area contributed by atoms with Gasteiger partial charge in [-0.2, -0.15) is 0 Å². The summed E-state index contributed by atoms with van der Waals surface area (Å²) < 4.78 is 9.53. The van der Waals surface area contributed by atoms with Crippen molar-refractivity contribution in [2.45, 2.75) is 0 Å². The molecule has 0 saturated carbocycles. The highest BCUT2D eigenvalue weighted by Crippen LogP contribution is 2.42. The summed E-state index contributed by atoms with van der Waals surface area (Å²) in [5.74, 6) is 3.67. The van der Waals surface area contributed by atoms with Crippen LogP contribution in [0.15, 0.2) is 340 Å². The van der Waals surface area contributed by atoms with E-state index in [2.05, 4.69) is 279 Å². The van der Waals surface area contributed by atoms with Gasteiger partial charge in [0.25, 0.3) is 0 Å². The molecule has 0 radical (unpaired) electrons. The number of benzene rings is 14. The highest BCUT2D eigenvalue weighted by atomic mass is 15.1. The standard InChI is InChI=1S/C90H56N10/c1-4-21-58(22-5-1)85-91-86(59-23-6-2-7-24-59)93-89(92-85)62-43-46-65(47-44-62)97-80-37-18-13-32-72(80)75-56-68(49-51-82(75)97)100-79-36-17-12-31-71(79)74-50-45-63(54-84(74)100)57-39-41-61(42-40-57)88-94-87(60-25-8-3-9-26-60)95-90(96-88)64-27-20-28-66(53-64)98-81-38-19-14-33-73(81)76-55-67(48-52-83(76)98)99-77-34-15-10-29-69(77)70-30-11-16-35-78(70)99/h1-56H. The van der Waals surface area contributed by atoms with Crippen LogP contribution in [0.25, 0.3) is 189 Å². The Morgan fingerprint density at radius 1 is 0.140 bits per heavy atom. The number of aromatic nitrogens is 10. The Balaban J connectivity index is 0.645. The van der Waals surface area contributed by atoms with Crippen molar-refractivity contribution in [3.8, 4) is 102 Å². The van der Waals surface area contributed by atoms with Crippen LogP contribution in [0.2, 0.25) is 0 Å².